The molecule has 0 aliphatic heterocycles. The Balaban J connectivity index is 3.12. The van der Waals surface area contributed by atoms with Crippen molar-refractivity contribution in [1.29, 1.82) is 0 Å². The van der Waals surface area contributed by atoms with Crippen molar-refractivity contribution in [1.82, 2.24) is 0 Å². The van der Waals surface area contributed by atoms with Gasteiger partial charge in [-0.25, -0.2) is 0 Å². The molecule has 1 aromatic rings. The van der Waals surface area contributed by atoms with Crippen molar-refractivity contribution in [2.45, 2.75) is 38.4 Å². The summed E-state index contributed by atoms with van der Waals surface area (Å²) in [5.41, 5.74) is 3.72. The monoisotopic (exact) mass is 268 g/mol. The lowest BCUT2D eigenvalue weighted by atomic mass is 9.97. The van der Waals surface area contributed by atoms with Crippen LogP contribution in [0.3, 0.4) is 0 Å². The number of ketones is 1. The predicted octanol–water partition coefficient (Wildman–Crippen LogP) is 3.84. The zero-order valence-electron chi connectivity index (χ0n) is 9.51. The van der Waals surface area contributed by atoms with Crippen LogP contribution in [0.1, 0.15) is 42.3 Å². The molecule has 0 heterocycles. The highest BCUT2D eigenvalue weighted by atomic mass is 79.9. The molecule has 1 atom stereocenters. The van der Waals surface area contributed by atoms with Crippen LogP contribution < -0.4 is 0 Å². The molecule has 0 bridgehead atoms. The maximum absolute atomic E-state index is 11.3. The molecule has 0 saturated heterocycles. The summed E-state index contributed by atoms with van der Waals surface area (Å²) in [6, 6.07) is 6.37. The summed E-state index contributed by atoms with van der Waals surface area (Å²) in [7, 11) is 0. The summed E-state index contributed by atoms with van der Waals surface area (Å²) in [6.07, 6.45) is 2.01. The molecule has 0 fully saturated rings. The molecule has 0 amide bonds. The Morgan fingerprint density at radius 1 is 1.33 bits per heavy atom. The van der Waals surface area contributed by atoms with Gasteiger partial charge in [-0.05, 0) is 36.5 Å². The number of carbonyl (C=O) groups is 1. The van der Waals surface area contributed by atoms with Gasteiger partial charge in [-0.1, -0.05) is 48.0 Å². The van der Waals surface area contributed by atoms with Crippen LogP contribution in [-0.4, -0.2) is 5.78 Å². The van der Waals surface area contributed by atoms with Crippen LogP contribution in [0.4, 0.5) is 0 Å². The van der Waals surface area contributed by atoms with Crippen LogP contribution in [0, 0.1) is 0 Å². The Morgan fingerprint density at radius 3 is 2.47 bits per heavy atom. The van der Waals surface area contributed by atoms with E-state index in [9.17, 15) is 4.79 Å². The van der Waals surface area contributed by atoms with E-state index in [0.29, 0.717) is 0 Å². The maximum Gasteiger partial charge on any atom is 0.147 e. The zero-order chi connectivity index (χ0) is 11.4. The Kier molecular flexibility index (Phi) is 4.52. The van der Waals surface area contributed by atoms with Gasteiger partial charge in [0.25, 0.3) is 0 Å². The van der Waals surface area contributed by atoms with Crippen LogP contribution in [0.15, 0.2) is 18.2 Å². The van der Waals surface area contributed by atoms with Gasteiger partial charge in [0.1, 0.15) is 5.78 Å². The minimum Gasteiger partial charge on any atom is -0.298 e. The number of rotatable bonds is 4. The van der Waals surface area contributed by atoms with E-state index >= 15 is 0 Å². The second kappa shape index (κ2) is 5.45. The van der Waals surface area contributed by atoms with Gasteiger partial charge in [0.05, 0.1) is 4.83 Å². The molecule has 2 heteroatoms. The fourth-order valence-electron chi connectivity index (χ4n) is 1.65. The van der Waals surface area contributed by atoms with Gasteiger partial charge in [-0.2, -0.15) is 0 Å². The molecule has 82 valence electrons. The number of aryl methyl sites for hydroxylation is 2. The number of halogens is 1. The van der Waals surface area contributed by atoms with Crippen LogP contribution in [-0.2, 0) is 17.6 Å². The zero-order valence-corrected chi connectivity index (χ0v) is 11.1. The van der Waals surface area contributed by atoms with Crippen molar-refractivity contribution < 1.29 is 4.79 Å². The summed E-state index contributed by atoms with van der Waals surface area (Å²) in [4.78, 5) is 11.2. The lowest BCUT2D eigenvalue weighted by molar-refractivity contribution is -0.116. The number of benzene rings is 1. The van der Waals surface area contributed by atoms with Crippen LogP contribution in [0.5, 0.6) is 0 Å². The van der Waals surface area contributed by atoms with Crippen molar-refractivity contribution in [3.8, 4) is 0 Å². The van der Waals surface area contributed by atoms with Crippen molar-refractivity contribution in [2.24, 2.45) is 0 Å². The largest absolute Gasteiger partial charge is 0.298 e. The smallest absolute Gasteiger partial charge is 0.147 e. The van der Waals surface area contributed by atoms with E-state index in [4.69, 9.17) is 0 Å². The van der Waals surface area contributed by atoms with Gasteiger partial charge in [0.2, 0.25) is 0 Å². The number of hydrogen-bond donors (Lipinski definition) is 0. The fraction of sp³-hybridized carbons (Fsp3) is 0.462. The quantitative estimate of drug-likeness (QED) is 0.759. The van der Waals surface area contributed by atoms with Crippen LogP contribution >= 0.6 is 15.9 Å². The van der Waals surface area contributed by atoms with E-state index in [2.05, 4.69) is 48.0 Å². The molecule has 0 aromatic heterocycles. The highest BCUT2D eigenvalue weighted by Gasteiger charge is 2.15. The third-order valence-electron chi connectivity index (χ3n) is 2.63. The summed E-state index contributed by atoms with van der Waals surface area (Å²) < 4.78 is 0. The average Bonchev–Trinajstić information content (AvgIpc) is 2.27. The minimum absolute atomic E-state index is 0.154. The lowest BCUT2D eigenvalue weighted by Gasteiger charge is -2.13. The van der Waals surface area contributed by atoms with E-state index < -0.39 is 0 Å². The minimum atomic E-state index is -0.154. The molecule has 0 aliphatic rings. The molecule has 1 nitrogen and oxygen atoms in total. The molecule has 0 radical (unpaired) electrons. The van der Waals surface area contributed by atoms with Crippen LogP contribution in [0.2, 0.25) is 0 Å². The number of Topliss-reactive ketones (excluding diaryl/α,β-unsaturated/α-hetero) is 1. The second-order valence-corrected chi connectivity index (χ2v) is 4.63. The van der Waals surface area contributed by atoms with Gasteiger partial charge in [0.15, 0.2) is 0 Å². The first kappa shape index (κ1) is 12.4. The molecular formula is C13H17BrO. The van der Waals surface area contributed by atoms with Gasteiger partial charge < -0.3 is 0 Å². The lowest BCUT2D eigenvalue weighted by Crippen LogP contribution is -2.05. The number of alkyl halides is 1. The van der Waals surface area contributed by atoms with E-state index in [-0.39, 0.29) is 10.6 Å². The third kappa shape index (κ3) is 2.91. The van der Waals surface area contributed by atoms with Crippen molar-refractivity contribution in [3.63, 3.8) is 0 Å². The second-order valence-electron chi connectivity index (χ2n) is 3.71. The van der Waals surface area contributed by atoms with E-state index in [1.807, 2.05) is 0 Å². The van der Waals surface area contributed by atoms with Crippen molar-refractivity contribution in [3.05, 3.63) is 34.9 Å². The first-order valence-electron chi connectivity index (χ1n) is 5.36. The number of hydrogen-bond acceptors (Lipinski definition) is 1. The van der Waals surface area contributed by atoms with E-state index in [1.165, 1.54) is 11.1 Å². The molecule has 0 saturated carbocycles. The Hall–Kier alpha value is -0.630. The van der Waals surface area contributed by atoms with Crippen molar-refractivity contribution >= 4 is 21.7 Å². The molecule has 15 heavy (non-hydrogen) atoms. The highest BCUT2D eigenvalue weighted by molar-refractivity contribution is 9.09. The molecule has 0 N–H and O–H groups in total. The first-order chi connectivity index (χ1) is 7.10. The Labute approximate surface area is 100 Å². The van der Waals surface area contributed by atoms with Gasteiger partial charge >= 0.3 is 0 Å². The van der Waals surface area contributed by atoms with Gasteiger partial charge in [-0.3, -0.25) is 4.79 Å². The summed E-state index contributed by atoms with van der Waals surface area (Å²) in [5.74, 6) is 0.161. The Morgan fingerprint density at radius 2 is 2.00 bits per heavy atom. The molecule has 0 spiro atoms. The molecule has 1 aromatic carbocycles. The molecule has 1 rings (SSSR count). The summed E-state index contributed by atoms with van der Waals surface area (Å²) >= 11 is 3.44. The Bertz CT molecular complexity index is 358. The average molecular weight is 269 g/mol. The summed E-state index contributed by atoms with van der Waals surface area (Å²) in [6.45, 7) is 5.88. The van der Waals surface area contributed by atoms with Gasteiger partial charge in [0, 0.05) is 0 Å². The standard InChI is InChI=1S/C13H17BrO/c1-4-10-6-7-12(11(5-2)8-10)13(14)9(3)15/h6-8,13H,4-5H2,1-3H3. The van der Waals surface area contributed by atoms with E-state index in [1.54, 1.807) is 6.92 Å². The normalized spacial score (nSPS) is 12.5. The fourth-order valence-corrected chi connectivity index (χ4v) is 2.10. The third-order valence-corrected chi connectivity index (χ3v) is 3.76. The molecule has 1 unspecified atom stereocenters. The maximum atomic E-state index is 11.3. The molecule has 0 aliphatic carbocycles. The van der Waals surface area contributed by atoms with Crippen molar-refractivity contribution in [2.75, 3.05) is 0 Å². The number of carbonyl (C=O) groups excluding carboxylic acids is 1. The first-order valence-corrected chi connectivity index (χ1v) is 6.27. The van der Waals surface area contributed by atoms with E-state index in [0.717, 1.165) is 18.4 Å². The summed E-state index contributed by atoms with van der Waals surface area (Å²) in [5, 5.41) is 0. The van der Waals surface area contributed by atoms with Crippen LogP contribution in [0.25, 0.3) is 0 Å². The SMILES string of the molecule is CCc1ccc(C(Br)C(C)=O)c(CC)c1. The van der Waals surface area contributed by atoms with Gasteiger partial charge in [-0.15, -0.1) is 0 Å². The molecular weight excluding hydrogens is 252 g/mol. The topological polar surface area (TPSA) is 17.1 Å². The predicted molar refractivity (Wildman–Crippen MR) is 67.5 cm³/mol. The highest BCUT2D eigenvalue weighted by Crippen LogP contribution is 2.28.